The molecular formula is C23H26N2O4. The maximum absolute atomic E-state index is 12.6. The lowest BCUT2D eigenvalue weighted by molar-refractivity contribution is -0.138. The second-order valence-electron chi connectivity index (χ2n) is 7.22. The standard InChI is InChI=1S/C23H26N2O4/c1-3-14-29-19-7-5-6-16(15-19)21(27)24-18-10-8-17(9-11-18)23(4-2)13-12-20(26)25-22(23)28/h5-11,15H,3-4,12-14H2,1-2H3,(H,24,27)(H,25,26,28). The predicted octanol–water partition coefficient (Wildman–Crippen LogP) is 3.81. The monoisotopic (exact) mass is 394 g/mol. The van der Waals surface area contributed by atoms with Gasteiger partial charge in [0.1, 0.15) is 5.75 Å². The van der Waals surface area contributed by atoms with Crippen molar-refractivity contribution in [2.24, 2.45) is 0 Å². The van der Waals surface area contributed by atoms with E-state index < -0.39 is 5.41 Å². The number of hydrogen-bond donors (Lipinski definition) is 2. The molecule has 29 heavy (non-hydrogen) atoms. The molecule has 3 amide bonds. The Morgan fingerprint density at radius 2 is 1.90 bits per heavy atom. The summed E-state index contributed by atoms with van der Waals surface area (Å²) in [4.78, 5) is 36.6. The first-order chi connectivity index (χ1) is 14.0. The van der Waals surface area contributed by atoms with Crippen molar-refractivity contribution in [2.75, 3.05) is 11.9 Å². The van der Waals surface area contributed by atoms with Gasteiger partial charge in [0.05, 0.1) is 12.0 Å². The number of anilines is 1. The van der Waals surface area contributed by atoms with Gasteiger partial charge in [-0.15, -0.1) is 0 Å². The van der Waals surface area contributed by atoms with E-state index in [1.807, 2.05) is 32.0 Å². The highest BCUT2D eigenvalue weighted by atomic mass is 16.5. The highest BCUT2D eigenvalue weighted by Gasteiger charge is 2.42. The highest BCUT2D eigenvalue weighted by Crippen LogP contribution is 2.36. The van der Waals surface area contributed by atoms with Crippen LogP contribution in [0.5, 0.6) is 5.75 Å². The van der Waals surface area contributed by atoms with E-state index in [2.05, 4.69) is 10.6 Å². The van der Waals surface area contributed by atoms with Crippen LogP contribution in [0.3, 0.4) is 0 Å². The van der Waals surface area contributed by atoms with E-state index in [-0.39, 0.29) is 17.7 Å². The number of nitrogens with one attached hydrogen (secondary N) is 2. The minimum atomic E-state index is -0.707. The summed E-state index contributed by atoms with van der Waals surface area (Å²) in [7, 11) is 0. The Bertz CT molecular complexity index is 907. The zero-order valence-corrected chi connectivity index (χ0v) is 16.8. The molecule has 3 rings (SSSR count). The highest BCUT2D eigenvalue weighted by molar-refractivity contribution is 6.05. The Balaban J connectivity index is 1.73. The summed E-state index contributed by atoms with van der Waals surface area (Å²) in [5.41, 5.74) is 1.29. The molecular weight excluding hydrogens is 368 g/mol. The summed E-state index contributed by atoms with van der Waals surface area (Å²) in [5.74, 6) is -0.0477. The largest absolute Gasteiger partial charge is 0.494 e. The van der Waals surface area contributed by atoms with Crippen molar-refractivity contribution in [1.82, 2.24) is 5.32 Å². The van der Waals surface area contributed by atoms with Gasteiger partial charge in [-0.2, -0.15) is 0 Å². The van der Waals surface area contributed by atoms with Gasteiger partial charge >= 0.3 is 0 Å². The quantitative estimate of drug-likeness (QED) is 0.700. The molecule has 0 bridgehead atoms. The fraction of sp³-hybridized carbons (Fsp3) is 0.348. The third kappa shape index (κ3) is 4.47. The number of benzene rings is 2. The van der Waals surface area contributed by atoms with Crippen LogP contribution in [0.15, 0.2) is 48.5 Å². The number of carbonyl (C=O) groups excluding carboxylic acids is 3. The second kappa shape index (κ2) is 8.90. The first kappa shape index (κ1) is 20.6. The first-order valence-corrected chi connectivity index (χ1v) is 9.97. The molecule has 1 atom stereocenters. The Morgan fingerprint density at radius 3 is 2.55 bits per heavy atom. The minimum absolute atomic E-state index is 0.229. The smallest absolute Gasteiger partial charge is 0.255 e. The number of amides is 3. The Labute approximate surface area is 170 Å². The molecule has 0 saturated carbocycles. The lowest BCUT2D eigenvalue weighted by Gasteiger charge is -2.35. The van der Waals surface area contributed by atoms with E-state index in [1.54, 1.807) is 30.3 Å². The van der Waals surface area contributed by atoms with Gasteiger partial charge in [-0.05, 0) is 55.2 Å². The molecule has 2 aromatic carbocycles. The maximum atomic E-state index is 12.6. The topological polar surface area (TPSA) is 84.5 Å². The molecule has 1 aliphatic heterocycles. The molecule has 1 unspecified atom stereocenters. The number of rotatable bonds is 7. The van der Waals surface area contributed by atoms with Crippen LogP contribution in [0.2, 0.25) is 0 Å². The third-order valence-electron chi connectivity index (χ3n) is 5.33. The molecule has 152 valence electrons. The molecule has 1 heterocycles. The maximum Gasteiger partial charge on any atom is 0.255 e. The van der Waals surface area contributed by atoms with E-state index in [9.17, 15) is 14.4 Å². The molecule has 6 nitrogen and oxygen atoms in total. The van der Waals surface area contributed by atoms with Gasteiger partial charge in [0.2, 0.25) is 11.8 Å². The fourth-order valence-corrected chi connectivity index (χ4v) is 3.59. The molecule has 0 radical (unpaired) electrons. The van der Waals surface area contributed by atoms with Gasteiger partial charge in [-0.3, -0.25) is 19.7 Å². The zero-order valence-electron chi connectivity index (χ0n) is 16.8. The van der Waals surface area contributed by atoms with Gasteiger partial charge < -0.3 is 10.1 Å². The van der Waals surface area contributed by atoms with Crippen LogP contribution in [0.4, 0.5) is 5.69 Å². The minimum Gasteiger partial charge on any atom is -0.494 e. The van der Waals surface area contributed by atoms with Crippen molar-refractivity contribution in [3.8, 4) is 5.75 Å². The molecule has 1 aliphatic rings. The van der Waals surface area contributed by atoms with Gasteiger partial charge in [-0.25, -0.2) is 0 Å². The summed E-state index contributed by atoms with van der Waals surface area (Å²) in [5, 5.41) is 5.32. The van der Waals surface area contributed by atoms with E-state index in [0.717, 1.165) is 12.0 Å². The lowest BCUT2D eigenvalue weighted by atomic mass is 9.72. The Hall–Kier alpha value is -3.15. The average Bonchev–Trinajstić information content (AvgIpc) is 2.74. The molecule has 6 heteroatoms. The summed E-state index contributed by atoms with van der Waals surface area (Å²) in [6.07, 6.45) is 2.31. The predicted molar refractivity (Wildman–Crippen MR) is 111 cm³/mol. The van der Waals surface area contributed by atoms with Gasteiger partial charge in [0.15, 0.2) is 0 Å². The van der Waals surface area contributed by atoms with Crippen molar-refractivity contribution in [1.29, 1.82) is 0 Å². The SMILES string of the molecule is CCCOc1cccc(C(=O)Nc2ccc(C3(CC)CCC(=O)NC3=O)cc2)c1. The number of carbonyl (C=O) groups is 3. The van der Waals surface area contributed by atoms with Crippen LogP contribution < -0.4 is 15.4 Å². The van der Waals surface area contributed by atoms with Gasteiger partial charge in [0.25, 0.3) is 5.91 Å². The van der Waals surface area contributed by atoms with Crippen LogP contribution in [0.25, 0.3) is 0 Å². The van der Waals surface area contributed by atoms with Gasteiger partial charge in [-0.1, -0.05) is 32.0 Å². The fourth-order valence-electron chi connectivity index (χ4n) is 3.59. The molecule has 0 spiro atoms. The molecule has 2 N–H and O–H groups in total. The van der Waals surface area contributed by atoms with Crippen LogP contribution in [0, 0.1) is 0 Å². The van der Waals surface area contributed by atoms with Crippen LogP contribution in [-0.4, -0.2) is 24.3 Å². The summed E-state index contributed by atoms with van der Waals surface area (Å²) in [6.45, 7) is 4.57. The lowest BCUT2D eigenvalue weighted by Crippen LogP contribution is -2.51. The Kier molecular flexibility index (Phi) is 6.32. The van der Waals surface area contributed by atoms with Crippen LogP contribution in [-0.2, 0) is 15.0 Å². The summed E-state index contributed by atoms with van der Waals surface area (Å²) < 4.78 is 5.58. The molecule has 1 saturated heterocycles. The zero-order chi connectivity index (χ0) is 20.9. The number of hydrogen-bond acceptors (Lipinski definition) is 4. The van der Waals surface area contributed by atoms with Crippen LogP contribution >= 0.6 is 0 Å². The summed E-state index contributed by atoms with van der Waals surface area (Å²) >= 11 is 0. The Morgan fingerprint density at radius 1 is 1.14 bits per heavy atom. The van der Waals surface area contributed by atoms with Crippen molar-refractivity contribution in [3.63, 3.8) is 0 Å². The third-order valence-corrected chi connectivity index (χ3v) is 5.33. The average molecular weight is 394 g/mol. The van der Waals surface area contributed by atoms with Crippen molar-refractivity contribution < 1.29 is 19.1 Å². The summed E-state index contributed by atoms with van der Waals surface area (Å²) in [6, 6.07) is 14.3. The van der Waals surface area contributed by atoms with E-state index in [4.69, 9.17) is 4.74 Å². The van der Waals surface area contributed by atoms with E-state index in [1.165, 1.54) is 0 Å². The van der Waals surface area contributed by atoms with Crippen molar-refractivity contribution >= 4 is 23.4 Å². The van der Waals surface area contributed by atoms with E-state index >= 15 is 0 Å². The molecule has 0 aromatic heterocycles. The van der Waals surface area contributed by atoms with E-state index in [0.29, 0.717) is 42.9 Å². The number of imide groups is 1. The number of piperidine rings is 1. The second-order valence-corrected chi connectivity index (χ2v) is 7.22. The van der Waals surface area contributed by atoms with Crippen LogP contribution in [0.1, 0.15) is 55.5 Å². The molecule has 1 fully saturated rings. The molecule has 2 aromatic rings. The normalized spacial score (nSPS) is 18.8. The number of ether oxygens (including phenoxy) is 1. The molecule has 0 aliphatic carbocycles. The van der Waals surface area contributed by atoms with Gasteiger partial charge in [0, 0.05) is 17.7 Å². The van der Waals surface area contributed by atoms with Crippen molar-refractivity contribution in [3.05, 3.63) is 59.7 Å². The first-order valence-electron chi connectivity index (χ1n) is 9.97. The van der Waals surface area contributed by atoms with Crippen molar-refractivity contribution in [2.45, 2.75) is 44.9 Å².